The predicted octanol–water partition coefficient (Wildman–Crippen LogP) is 5.26. The summed E-state index contributed by atoms with van der Waals surface area (Å²) in [5, 5.41) is 4.17. The number of benzene rings is 2. The van der Waals surface area contributed by atoms with Crippen molar-refractivity contribution in [3.63, 3.8) is 0 Å². The molecule has 8 nitrogen and oxygen atoms in total. The summed E-state index contributed by atoms with van der Waals surface area (Å²) in [6.45, 7) is 9.94. The van der Waals surface area contributed by atoms with Gasteiger partial charge in [0.05, 0.1) is 34.5 Å². The molecule has 0 amide bonds. The highest BCUT2D eigenvalue weighted by molar-refractivity contribution is 6.33. The predicted molar refractivity (Wildman–Crippen MR) is 155 cm³/mol. The number of piperazine rings is 1. The highest BCUT2D eigenvalue weighted by atomic mass is 35.5. The first-order valence-corrected chi connectivity index (χ1v) is 13.6. The van der Waals surface area contributed by atoms with E-state index in [-0.39, 0.29) is 28.2 Å². The number of carbonyl (C=O) groups is 1. The fourth-order valence-corrected chi connectivity index (χ4v) is 5.57. The summed E-state index contributed by atoms with van der Waals surface area (Å²) < 4.78 is 21.3. The third-order valence-corrected chi connectivity index (χ3v) is 7.59. The largest absolute Gasteiger partial charge is 0.465 e. The average Bonchev–Trinajstić information content (AvgIpc) is 2.93. The summed E-state index contributed by atoms with van der Waals surface area (Å²) in [4.78, 5) is 37.9. The zero-order valence-electron chi connectivity index (χ0n) is 23.1. The van der Waals surface area contributed by atoms with Crippen LogP contribution < -0.4 is 15.9 Å². The van der Waals surface area contributed by atoms with Crippen LogP contribution >= 0.6 is 11.6 Å². The van der Waals surface area contributed by atoms with Gasteiger partial charge in [0.2, 0.25) is 0 Å². The number of anilines is 1. The Bertz CT molecular complexity index is 1690. The summed E-state index contributed by atoms with van der Waals surface area (Å²) in [5.41, 5.74) is 2.59. The van der Waals surface area contributed by atoms with E-state index >= 15 is 0 Å². The Labute approximate surface area is 236 Å². The lowest BCUT2D eigenvalue weighted by molar-refractivity contribution is 0.0600. The van der Waals surface area contributed by atoms with Gasteiger partial charge in [-0.2, -0.15) is 4.98 Å². The summed E-state index contributed by atoms with van der Waals surface area (Å²) in [6.07, 6.45) is 0. The van der Waals surface area contributed by atoms with E-state index in [1.165, 1.54) is 17.7 Å². The molecule has 1 aliphatic heterocycles. The molecule has 1 fully saturated rings. The third kappa shape index (κ3) is 4.84. The van der Waals surface area contributed by atoms with Crippen molar-refractivity contribution in [2.45, 2.75) is 39.7 Å². The molecule has 1 atom stereocenters. The van der Waals surface area contributed by atoms with Crippen molar-refractivity contribution in [3.8, 4) is 16.9 Å². The second-order valence-electron chi connectivity index (χ2n) is 10.3. The van der Waals surface area contributed by atoms with E-state index < -0.39 is 17.5 Å². The smallest absolute Gasteiger partial charge is 0.355 e. The number of rotatable bonds is 5. The number of nitrogens with zero attached hydrogens (tertiary/aromatic N) is 4. The number of ether oxygens (including phenoxy) is 1. The van der Waals surface area contributed by atoms with Crippen LogP contribution in [-0.4, -0.2) is 53.3 Å². The van der Waals surface area contributed by atoms with Crippen LogP contribution in [0.2, 0.25) is 5.02 Å². The number of aromatic nitrogens is 3. The Hall–Kier alpha value is -3.82. The van der Waals surface area contributed by atoms with Gasteiger partial charge in [-0.3, -0.25) is 0 Å². The van der Waals surface area contributed by atoms with Crippen LogP contribution in [0.1, 0.15) is 48.2 Å². The molecule has 40 heavy (non-hydrogen) atoms. The highest BCUT2D eigenvalue weighted by Crippen LogP contribution is 2.36. The van der Waals surface area contributed by atoms with Crippen molar-refractivity contribution >= 4 is 34.4 Å². The van der Waals surface area contributed by atoms with E-state index in [1.807, 2.05) is 20.8 Å². The van der Waals surface area contributed by atoms with Gasteiger partial charge in [-0.15, -0.1) is 0 Å². The minimum Gasteiger partial charge on any atom is -0.465 e. The maximum absolute atomic E-state index is 14.9. The zero-order chi connectivity index (χ0) is 28.7. The van der Waals surface area contributed by atoms with Crippen molar-refractivity contribution in [1.82, 2.24) is 19.9 Å². The molecular formula is C30H31ClFN5O3. The van der Waals surface area contributed by atoms with Crippen LogP contribution in [0.4, 0.5) is 10.2 Å². The molecule has 2 aromatic carbocycles. The number of nitrogens with one attached hydrogen (secondary N) is 1. The molecular weight excluding hydrogens is 533 g/mol. The molecule has 4 aromatic rings. The maximum Gasteiger partial charge on any atom is 0.355 e. The summed E-state index contributed by atoms with van der Waals surface area (Å²) in [7, 11) is 1.33. The second kappa shape index (κ2) is 11.0. The van der Waals surface area contributed by atoms with Crippen LogP contribution in [0.15, 0.2) is 47.3 Å². The fourth-order valence-electron chi connectivity index (χ4n) is 5.31. The molecule has 10 heteroatoms. The quantitative estimate of drug-likeness (QED) is 0.331. The van der Waals surface area contributed by atoms with Crippen molar-refractivity contribution < 1.29 is 13.9 Å². The van der Waals surface area contributed by atoms with Gasteiger partial charge in [-0.1, -0.05) is 37.6 Å². The fraction of sp³-hybridized carbons (Fsp3) is 0.333. The molecule has 208 valence electrons. The minimum absolute atomic E-state index is 0.0635. The van der Waals surface area contributed by atoms with Crippen molar-refractivity contribution in [1.29, 1.82) is 0 Å². The van der Waals surface area contributed by atoms with Crippen LogP contribution in [0, 0.1) is 12.7 Å². The number of pyridine rings is 1. The van der Waals surface area contributed by atoms with E-state index in [9.17, 15) is 14.0 Å². The molecule has 3 heterocycles. The Kier molecular flexibility index (Phi) is 7.61. The van der Waals surface area contributed by atoms with Gasteiger partial charge in [-0.25, -0.2) is 23.5 Å². The Morgan fingerprint density at radius 1 is 1.20 bits per heavy atom. The second-order valence-corrected chi connectivity index (χ2v) is 10.8. The number of hydrogen-bond donors (Lipinski definition) is 1. The van der Waals surface area contributed by atoms with Gasteiger partial charge in [-0.05, 0) is 61.2 Å². The SMILES string of the molecule is COC(=O)c1cc(C)c(-n2c(=O)nc(N3CCNC[C@@H]3C)c3cc(Cl)c(-c4ccccc4F)nc32)c(C(C)C)c1. The minimum atomic E-state index is -0.529. The van der Waals surface area contributed by atoms with Crippen molar-refractivity contribution in [2.75, 3.05) is 31.6 Å². The Morgan fingerprint density at radius 3 is 2.62 bits per heavy atom. The third-order valence-electron chi connectivity index (χ3n) is 7.30. The van der Waals surface area contributed by atoms with Gasteiger partial charge in [0.15, 0.2) is 5.65 Å². The lowest BCUT2D eigenvalue weighted by atomic mass is 9.95. The molecule has 0 saturated carbocycles. The topological polar surface area (TPSA) is 89.3 Å². The van der Waals surface area contributed by atoms with Crippen LogP contribution in [0.3, 0.4) is 0 Å². The summed E-state index contributed by atoms with van der Waals surface area (Å²) >= 11 is 6.75. The Balaban J connectivity index is 1.90. The first kappa shape index (κ1) is 27.7. The number of aryl methyl sites for hydroxylation is 1. The van der Waals surface area contributed by atoms with Crippen LogP contribution in [-0.2, 0) is 4.74 Å². The number of fused-ring (bicyclic) bond motifs is 1. The van der Waals surface area contributed by atoms with Gasteiger partial charge >= 0.3 is 11.7 Å². The maximum atomic E-state index is 14.9. The average molecular weight is 564 g/mol. The summed E-state index contributed by atoms with van der Waals surface area (Å²) in [5.74, 6) is -0.528. The molecule has 0 aliphatic carbocycles. The molecule has 0 bridgehead atoms. The van der Waals surface area contributed by atoms with Crippen molar-refractivity contribution in [3.05, 3.63) is 80.5 Å². The molecule has 0 spiro atoms. The van der Waals surface area contributed by atoms with E-state index in [1.54, 1.807) is 36.4 Å². The normalized spacial score (nSPS) is 15.6. The number of carbonyl (C=O) groups excluding carboxylic acids is 1. The van der Waals surface area contributed by atoms with E-state index in [4.69, 9.17) is 21.3 Å². The van der Waals surface area contributed by atoms with Gasteiger partial charge in [0.25, 0.3) is 0 Å². The zero-order valence-corrected chi connectivity index (χ0v) is 23.8. The Morgan fingerprint density at radius 2 is 1.95 bits per heavy atom. The number of methoxy groups -OCH3 is 1. The van der Waals surface area contributed by atoms with Gasteiger partial charge < -0.3 is 15.0 Å². The highest BCUT2D eigenvalue weighted by Gasteiger charge is 2.27. The van der Waals surface area contributed by atoms with E-state index in [0.717, 1.165) is 18.7 Å². The van der Waals surface area contributed by atoms with Gasteiger partial charge in [0.1, 0.15) is 11.6 Å². The first-order valence-electron chi connectivity index (χ1n) is 13.2. The lowest BCUT2D eigenvalue weighted by Crippen LogP contribution is -2.50. The number of halogens is 2. The van der Waals surface area contributed by atoms with Crippen molar-refractivity contribution in [2.24, 2.45) is 0 Å². The molecule has 0 unspecified atom stereocenters. The molecule has 5 rings (SSSR count). The molecule has 1 N–H and O–H groups in total. The van der Waals surface area contributed by atoms with Crippen LogP contribution in [0.5, 0.6) is 0 Å². The summed E-state index contributed by atoms with van der Waals surface area (Å²) in [6, 6.07) is 11.5. The lowest BCUT2D eigenvalue weighted by Gasteiger charge is -2.35. The monoisotopic (exact) mass is 563 g/mol. The number of esters is 1. The van der Waals surface area contributed by atoms with Crippen LogP contribution in [0.25, 0.3) is 28.0 Å². The molecule has 0 radical (unpaired) electrons. The molecule has 1 saturated heterocycles. The number of hydrogen-bond acceptors (Lipinski definition) is 7. The molecule has 2 aromatic heterocycles. The van der Waals surface area contributed by atoms with E-state index in [2.05, 4.69) is 22.1 Å². The molecule has 1 aliphatic rings. The standard InChI is InChI=1S/C30H31ClFN5O3/c1-16(2)21-13-19(29(38)40-5)12-17(3)26(21)37-28-22(27(35-30(37)39)36-11-10-33-15-18(36)4)14-23(31)25(34-28)20-8-6-7-9-24(20)32/h6-9,12-14,16,18,33H,10-11,15H2,1-5H3/t18-/m0/s1. The van der Waals surface area contributed by atoms with E-state index in [0.29, 0.717) is 40.2 Å². The van der Waals surface area contributed by atoms with Gasteiger partial charge in [0, 0.05) is 31.2 Å². The first-order chi connectivity index (χ1) is 19.1.